The molecule has 0 radical (unpaired) electrons. The predicted octanol–water partition coefficient (Wildman–Crippen LogP) is 2.85. The molecule has 0 saturated carbocycles. The summed E-state index contributed by atoms with van der Waals surface area (Å²) in [7, 11) is 2.17. The third-order valence-electron chi connectivity index (χ3n) is 3.92. The van der Waals surface area contributed by atoms with Crippen molar-refractivity contribution in [3.8, 4) is 0 Å². The third-order valence-corrected chi connectivity index (χ3v) is 3.92. The van der Waals surface area contributed by atoms with Crippen molar-refractivity contribution in [3.05, 3.63) is 23.8 Å². The number of nitrogens with one attached hydrogen (secondary N) is 2. The minimum Gasteiger partial charge on any atom is -0.382 e. The van der Waals surface area contributed by atoms with E-state index < -0.39 is 0 Å². The van der Waals surface area contributed by atoms with Crippen LogP contribution in [0.1, 0.15) is 31.7 Å². The monoisotopic (exact) mass is 275 g/mol. The molecule has 0 bridgehead atoms. The molecule has 0 atom stereocenters. The molecular formula is C16H25N3O. The van der Waals surface area contributed by atoms with Gasteiger partial charge in [-0.1, -0.05) is 13.0 Å². The number of nitrogens with zero attached hydrogens (tertiary/aromatic N) is 1. The third kappa shape index (κ3) is 3.97. The summed E-state index contributed by atoms with van der Waals surface area (Å²) < 4.78 is 0. The molecule has 20 heavy (non-hydrogen) atoms. The lowest BCUT2D eigenvalue weighted by Gasteiger charge is -2.30. The van der Waals surface area contributed by atoms with Crippen LogP contribution < -0.4 is 10.6 Å². The fourth-order valence-electron chi connectivity index (χ4n) is 2.48. The van der Waals surface area contributed by atoms with Crippen molar-refractivity contribution >= 4 is 17.3 Å². The van der Waals surface area contributed by atoms with Gasteiger partial charge in [0.25, 0.3) is 0 Å². The van der Waals surface area contributed by atoms with Crippen LogP contribution in [0.5, 0.6) is 0 Å². The Hall–Kier alpha value is -1.55. The molecule has 1 aromatic carbocycles. The lowest BCUT2D eigenvalue weighted by Crippen LogP contribution is -2.36. The lowest BCUT2D eigenvalue weighted by atomic mass is 10.0. The first-order valence-electron chi connectivity index (χ1n) is 7.44. The quantitative estimate of drug-likeness (QED) is 0.888. The van der Waals surface area contributed by atoms with E-state index in [9.17, 15) is 4.79 Å². The van der Waals surface area contributed by atoms with Gasteiger partial charge in [0.05, 0.1) is 0 Å². The molecule has 1 aliphatic heterocycles. The fourth-order valence-corrected chi connectivity index (χ4v) is 2.48. The summed E-state index contributed by atoms with van der Waals surface area (Å²) in [6, 6.07) is 6.59. The molecule has 1 fully saturated rings. The summed E-state index contributed by atoms with van der Waals surface area (Å²) in [5, 5.41) is 6.54. The topological polar surface area (TPSA) is 44.4 Å². The minimum absolute atomic E-state index is 0.0547. The smallest absolute Gasteiger partial charge is 0.224 e. The first kappa shape index (κ1) is 14.9. The van der Waals surface area contributed by atoms with Gasteiger partial charge in [0.1, 0.15) is 0 Å². The summed E-state index contributed by atoms with van der Waals surface area (Å²) in [5.74, 6) is 0.0547. The summed E-state index contributed by atoms with van der Waals surface area (Å²) in [4.78, 5) is 13.8. The zero-order chi connectivity index (χ0) is 14.5. The second kappa shape index (κ2) is 6.75. The van der Waals surface area contributed by atoms with E-state index in [1.165, 1.54) is 18.4 Å². The number of hydrogen-bond acceptors (Lipinski definition) is 3. The highest BCUT2D eigenvalue weighted by atomic mass is 16.1. The molecule has 1 heterocycles. The SMILES string of the molecule is CCC(=O)Nc1ccc(C)c(NC2CCN(C)CC2)c1. The van der Waals surface area contributed by atoms with Crippen LogP contribution in [0.2, 0.25) is 0 Å². The van der Waals surface area contributed by atoms with Crippen LogP contribution in [0.15, 0.2) is 18.2 Å². The van der Waals surface area contributed by atoms with Crippen LogP contribution in [0.25, 0.3) is 0 Å². The Kier molecular flexibility index (Phi) is 5.01. The highest BCUT2D eigenvalue weighted by molar-refractivity contribution is 5.91. The van der Waals surface area contributed by atoms with Crippen LogP contribution in [0.4, 0.5) is 11.4 Å². The maximum absolute atomic E-state index is 11.5. The van der Waals surface area contributed by atoms with Crippen molar-refractivity contribution in [1.82, 2.24) is 4.90 Å². The van der Waals surface area contributed by atoms with Gasteiger partial charge in [0.15, 0.2) is 0 Å². The standard InChI is InChI=1S/C16H25N3O/c1-4-16(20)18-14-6-5-12(2)15(11-14)17-13-7-9-19(3)10-8-13/h5-6,11,13,17H,4,7-10H2,1-3H3,(H,18,20). The van der Waals surface area contributed by atoms with Crippen LogP contribution in [-0.4, -0.2) is 37.0 Å². The van der Waals surface area contributed by atoms with E-state index in [4.69, 9.17) is 0 Å². The Labute approximate surface area is 121 Å². The van der Waals surface area contributed by atoms with E-state index in [1.807, 2.05) is 19.1 Å². The van der Waals surface area contributed by atoms with Crippen molar-refractivity contribution in [1.29, 1.82) is 0 Å². The van der Waals surface area contributed by atoms with Gasteiger partial charge in [0.2, 0.25) is 5.91 Å². The van der Waals surface area contributed by atoms with E-state index in [0.29, 0.717) is 12.5 Å². The molecule has 4 nitrogen and oxygen atoms in total. The number of hydrogen-bond donors (Lipinski definition) is 2. The summed E-state index contributed by atoms with van der Waals surface area (Å²) >= 11 is 0. The predicted molar refractivity (Wildman–Crippen MR) is 84.2 cm³/mol. The summed E-state index contributed by atoms with van der Waals surface area (Å²) in [6.45, 7) is 6.25. The molecule has 1 amide bonds. The van der Waals surface area contributed by atoms with Gasteiger partial charge < -0.3 is 15.5 Å². The van der Waals surface area contributed by atoms with E-state index in [0.717, 1.165) is 24.5 Å². The highest BCUT2D eigenvalue weighted by Crippen LogP contribution is 2.23. The Balaban J connectivity index is 2.02. The van der Waals surface area contributed by atoms with Gasteiger partial charge >= 0.3 is 0 Å². The number of rotatable bonds is 4. The molecule has 1 saturated heterocycles. The molecule has 0 spiro atoms. The van der Waals surface area contributed by atoms with E-state index in [-0.39, 0.29) is 5.91 Å². The molecule has 0 unspecified atom stereocenters. The van der Waals surface area contributed by atoms with Gasteiger partial charge in [-0.25, -0.2) is 0 Å². The Morgan fingerprint density at radius 3 is 2.70 bits per heavy atom. The number of benzene rings is 1. The van der Waals surface area contributed by atoms with Gasteiger partial charge in [0, 0.05) is 23.8 Å². The number of amides is 1. The maximum atomic E-state index is 11.5. The molecular weight excluding hydrogens is 250 g/mol. The molecule has 1 aromatic rings. The van der Waals surface area contributed by atoms with Gasteiger partial charge in [-0.15, -0.1) is 0 Å². The first-order valence-corrected chi connectivity index (χ1v) is 7.44. The van der Waals surface area contributed by atoms with Gasteiger partial charge in [-0.05, 0) is 57.6 Å². The van der Waals surface area contributed by atoms with E-state index >= 15 is 0 Å². The number of carbonyl (C=O) groups excluding carboxylic acids is 1. The van der Waals surface area contributed by atoms with Crippen LogP contribution in [0.3, 0.4) is 0 Å². The molecule has 4 heteroatoms. The van der Waals surface area contributed by atoms with Crippen molar-refractivity contribution in [2.75, 3.05) is 30.8 Å². The Morgan fingerprint density at radius 1 is 1.35 bits per heavy atom. The van der Waals surface area contributed by atoms with E-state index in [2.05, 4.69) is 35.6 Å². The summed E-state index contributed by atoms with van der Waals surface area (Å²) in [6.07, 6.45) is 2.84. The largest absolute Gasteiger partial charge is 0.382 e. The Morgan fingerprint density at radius 2 is 2.05 bits per heavy atom. The van der Waals surface area contributed by atoms with Crippen molar-refractivity contribution in [2.45, 2.75) is 39.2 Å². The second-order valence-corrected chi connectivity index (χ2v) is 5.65. The number of anilines is 2. The lowest BCUT2D eigenvalue weighted by molar-refractivity contribution is -0.115. The van der Waals surface area contributed by atoms with E-state index in [1.54, 1.807) is 0 Å². The highest BCUT2D eigenvalue weighted by Gasteiger charge is 2.17. The van der Waals surface area contributed by atoms with Crippen LogP contribution in [-0.2, 0) is 4.79 Å². The van der Waals surface area contributed by atoms with Gasteiger partial charge in [-0.2, -0.15) is 0 Å². The zero-order valence-corrected chi connectivity index (χ0v) is 12.7. The van der Waals surface area contributed by atoms with Crippen molar-refractivity contribution in [2.24, 2.45) is 0 Å². The van der Waals surface area contributed by atoms with Crippen LogP contribution in [0, 0.1) is 6.92 Å². The average molecular weight is 275 g/mol. The molecule has 0 aromatic heterocycles. The van der Waals surface area contributed by atoms with Crippen molar-refractivity contribution < 1.29 is 4.79 Å². The Bertz CT molecular complexity index is 465. The van der Waals surface area contributed by atoms with Crippen LogP contribution >= 0.6 is 0 Å². The minimum atomic E-state index is 0.0547. The summed E-state index contributed by atoms with van der Waals surface area (Å²) in [5.41, 5.74) is 3.23. The molecule has 110 valence electrons. The number of aryl methyl sites for hydroxylation is 1. The molecule has 2 rings (SSSR count). The fraction of sp³-hybridized carbons (Fsp3) is 0.562. The average Bonchev–Trinajstić information content (AvgIpc) is 2.45. The maximum Gasteiger partial charge on any atom is 0.224 e. The number of carbonyl (C=O) groups is 1. The normalized spacial score (nSPS) is 16.9. The second-order valence-electron chi connectivity index (χ2n) is 5.65. The molecule has 2 N–H and O–H groups in total. The van der Waals surface area contributed by atoms with Crippen molar-refractivity contribution in [3.63, 3.8) is 0 Å². The zero-order valence-electron chi connectivity index (χ0n) is 12.7. The molecule has 1 aliphatic rings. The molecule has 0 aliphatic carbocycles. The first-order chi connectivity index (χ1) is 9.58. The number of piperidine rings is 1. The van der Waals surface area contributed by atoms with Gasteiger partial charge in [-0.3, -0.25) is 4.79 Å². The number of likely N-dealkylation sites (tertiary alicyclic amines) is 1.